The van der Waals surface area contributed by atoms with E-state index < -0.39 is 23.1 Å². The lowest BCUT2D eigenvalue weighted by molar-refractivity contribution is -0.138. The molecule has 0 aliphatic carbocycles. The first kappa shape index (κ1) is 20.6. The number of alkyl halides is 4. The molecule has 0 saturated carbocycles. The van der Waals surface area contributed by atoms with Crippen LogP contribution in [0.4, 0.5) is 13.2 Å². The zero-order chi connectivity index (χ0) is 19.5. The summed E-state index contributed by atoms with van der Waals surface area (Å²) in [5.74, 6) is -0.617. The second-order valence-corrected chi connectivity index (χ2v) is 7.37. The van der Waals surface area contributed by atoms with Gasteiger partial charge in [0.25, 0.3) is 5.91 Å². The van der Waals surface area contributed by atoms with Gasteiger partial charge in [0.1, 0.15) is 0 Å². The molecule has 1 aromatic rings. The number of carbonyl (C=O) groups is 2. The fourth-order valence-corrected chi connectivity index (χ4v) is 2.88. The highest BCUT2D eigenvalue weighted by Gasteiger charge is 2.37. The molecule has 8 heteroatoms. The molecule has 2 rings (SSSR count). The number of halogens is 4. The van der Waals surface area contributed by atoms with Gasteiger partial charge in [0.2, 0.25) is 5.91 Å². The Kier molecular flexibility index (Phi) is 6.21. The lowest BCUT2D eigenvalue weighted by Crippen LogP contribution is -2.50. The maximum absolute atomic E-state index is 13.1. The van der Waals surface area contributed by atoms with E-state index in [1.807, 2.05) is 0 Å². The van der Waals surface area contributed by atoms with Gasteiger partial charge in [-0.05, 0) is 38.8 Å². The van der Waals surface area contributed by atoms with Crippen LogP contribution in [0.15, 0.2) is 24.3 Å². The van der Waals surface area contributed by atoms with Crippen LogP contribution < -0.4 is 5.32 Å². The monoisotopic (exact) mass is 390 g/mol. The molecule has 1 aliphatic rings. The van der Waals surface area contributed by atoms with E-state index in [1.54, 1.807) is 13.8 Å². The van der Waals surface area contributed by atoms with Crippen LogP contribution in [-0.2, 0) is 11.0 Å². The highest BCUT2D eigenvalue weighted by Crippen LogP contribution is 2.32. The first-order valence-corrected chi connectivity index (χ1v) is 8.92. The number of benzene rings is 1. The number of nitrogens with zero attached hydrogens (tertiary/aromatic N) is 1. The summed E-state index contributed by atoms with van der Waals surface area (Å²) in [4.78, 5) is 26.1. The lowest BCUT2D eigenvalue weighted by atomic mass is 9.93. The van der Waals surface area contributed by atoms with Crippen molar-refractivity contribution in [2.24, 2.45) is 5.41 Å². The summed E-state index contributed by atoms with van der Waals surface area (Å²) in [6, 6.07) is 4.67. The van der Waals surface area contributed by atoms with Gasteiger partial charge < -0.3 is 10.2 Å². The molecule has 0 spiro atoms. The number of rotatable bonds is 4. The summed E-state index contributed by atoms with van der Waals surface area (Å²) in [5, 5.41) is 2.90. The number of likely N-dealkylation sites (tertiary alicyclic amines) is 1. The quantitative estimate of drug-likeness (QED) is 0.797. The number of hydrogen-bond acceptors (Lipinski definition) is 2. The molecule has 1 fully saturated rings. The summed E-state index contributed by atoms with van der Waals surface area (Å²) in [6.45, 7) is 4.05. The molecule has 0 bridgehead atoms. The van der Waals surface area contributed by atoms with Crippen LogP contribution >= 0.6 is 11.6 Å². The van der Waals surface area contributed by atoms with Crippen molar-refractivity contribution in [2.75, 3.05) is 19.0 Å². The summed E-state index contributed by atoms with van der Waals surface area (Å²) in [6.07, 6.45) is -3.60. The van der Waals surface area contributed by atoms with Crippen LogP contribution in [0.3, 0.4) is 0 Å². The predicted octanol–water partition coefficient (Wildman–Crippen LogP) is 3.69. The Morgan fingerprint density at radius 1 is 1.19 bits per heavy atom. The van der Waals surface area contributed by atoms with Crippen LogP contribution in [-0.4, -0.2) is 41.7 Å². The first-order valence-electron chi connectivity index (χ1n) is 8.38. The third-order valence-electron chi connectivity index (χ3n) is 4.53. The topological polar surface area (TPSA) is 49.4 Å². The molecule has 0 unspecified atom stereocenters. The third kappa shape index (κ3) is 4.69. The second kappa shape index (κ2) is 7.86. The highest BCUT2D eigenvalue weighted by atomic mass is 35.5. The van der Waals surface area contributed by atoms with Gasteiger partial charge in [0, 0.05) is 25.0 Å². The molecule has 144 valence electrons. The number of amides is 2. The molecule has 1 aliphatic heterocycles. The van der Waals surface area contributed by atoms with E-state index in [1.165, 1.54) is 23.1 Å². The summed E-state index contributed by atoms with van der Waals surface area (Å²) in [7, 11) is 0. The normalized spacial score (nSPS) is 16.5. The van der Waals surface area contributed by atoms with Gasteiger partial charge in [-0.25, -0.2) is 0 Å². The van der Waals surface area contributed by atoms with E-state index in [9.17, 15) is 22.8 Å². The molecule has 0 atom stereocenters. The summed E-state index contributed by atoms with van der Waals surface area (Å²) in [5.41, 5.74) is -1.96. The zero-order valence-corrected chi connectivity index (χ0v) is 15.5. The minimum Gasteiger partial charge on any atom is -0.353 e. The summed E-state index contributed by atoms with van der Waals surface area (Å²) >= 11 is 5.78. The van der Waals surface area contributed by atoms with Crippen molar-refractivity contribution in [3.05, 3.63) is 35.4 Å². The summed E-state index contributed by atoms with van der Waals surface area (Å²) < 4.78 is 39.3. The molecule has 1 aromatic carbocycles. The molecular formula is C18H22ClF3N2O2. The fraction of sp³-hybridized carbons (Fsp3) is 0.556. The standard InChI is InChI=1S/C18H22ClF3N2O2/c1-17(2,11-19)16(26)23-12-7-9-24(10-8-12)15(25)13-5-3-4-6-14(13)18(20,21)22/h3-6,12H,7-11H2,1-2H3,(H,23,26). The largest absolute Gasteiger partial charge is 0.417 e. The van der Waals surface area contributed by atoms with Crippen molar-refractivity contribution in [2.45, 2.75) is 38.9 Å². The van der Waals surface area contributed by atoms with Crippen molar-refractivity contribution >= 4 is 23.4 Å². The van der Waals surface area contributed by atoms with Gasteiger partial charge in [-0.15, -0.1) is 11.6 Å². The highest BCUT2D eigenvalue weighted by molar-refractivity contribution is 6.19. The SMILES string of the molecule is CC(C)(CCl)C(=O)NC1CCN(C(=O)c2ccccc2C(F)(F)F)CC1. The van der Waals surface area contributed by atoms with E-state index in [0.29, 0.717) is 12.8 Å². The van der Waals surface area contributed by atoms with Crippen molar-refractivity contribution in [1.29, 1.82) is 0 Å². The van der Waals surface area contributed by atoms with Crippen molar-refractivity contribution in [1.82, 2.24) is 10.2 Å². The number of nitrogens with one attached hydrogen (secondary N) is 1. The smallest absolute Gasteiger partial charge is 0.353 e. The average molecular weight is 391 g/mol. The Hall–Kier alpha value is -1.76. The van der Waals surface area contributed by atoms with Gasteiger partial charge in [-0.3, -0.25) is 9.59 Å². The van der Waals surface area contributed by atoms with Crippen LogP contribution in [0.2, 0.25) is 0 Å². The third-order valence-corrected chi connectivity index (χ3v) is 5.20. The Morgan fingerprint density at radius 2 is 1.77 bits per heavy atom. The number of piperidine rings is 1. The van der Waals surface area contributed by atoms with E-state index in [0.717, 1.165) is 6.07 Å². The molecular weight excluding hydrogens is 369 g/mol. The van der Waals surface area contributed by atoms with E-state index in [4.69, 9.17) is 11.6 Å². The van der Waals surface area contributed by atoms with Gasteiger partial charge in [-0.2, -0.15) is 13.2 Å². The second-order valence-electron chi connectivity index (χ2n) is 7.10. The van der Waals surface area contributed by atoms with Gasteiger partial charge in [0.05, 0.1) is 16.5 Å². The maximum Gasteiger partial charge on any atom is 0.417 e. The van der Waals surface area contributed by atoms with Crippen LogP contribution in [0, 0.1) is 5.41 Å². The van der Waals surface area contributed by atoms with Gasteiger partial charge >= 0.3 is 6.18 Å². The molecule has 4 nitrogen and oxygen atoms in total. The molecule has 0 aromatic heterocycles. The predicted molar refractivity (Wildman–Crippen MR) is 93.0 cm³/mol. The fourth-order valence-electron chi connectivity index (χ4n) is 2.76. The Labute approximate surface area is 155 Å². The zero-order valence-electron chi connectivity index (χ0n) is 14.7. The van der Waals surface area contributed by atoms with E-state index in [2.05, 4.69) is 5.32 Å². The number of carbonyl (C=O) groups excluding carboxylic acids is 2. The molecule has 1 saturated heterocycles. The molecule has 0 radical (unpaired) electrons. The van der Waals surface area contributed by atoms with E-state index in [-0.39, 0.29) is 36.5 Å². The first-order chi connectivity index (χ1) is 12.1. The van der Waals surface area contributed by atoms with Crippen LogP contribution in [0.1, 0.15) is 42.6 Å². The number of hydrogen-bond donors (Lipinski definition) is 1. The molecule has 2 amide bonds. The Bertz CT molecular complexity index is 669. The van der Waals surface area contributed by atoms with Crippen LogP contribution in [0.5, 0.6) is 0 Å². The molecule has 1 heterocycles. The minimum atomic E-state index is -4.58. The van der Waals surface area contributed by atoms with Crippen molar-refractivity contribution in [3.8, 4) is 0 Å². The van der Waals surface area contributed by atoms with Gasteiger partial charge in [0.15, 0.2) is 0 Å². The van der Waals surface area contributed by atoms with Gasteiger partial charge in [-0.1, -0.05) is 12.1 Å². The molecule has 26 heavy (non-hydrogen) atoms. The maximum atomic E-state index is 13.1. The van der Waals surface area contributed by atoms with Crippen molar-refractivity contribution in [3.63, 3.8) is 0 Å². The van der Waals surface area contributed by atoms with E-state index >= 15 is 0 Å². The average Bonchev–Trinajstić information content (AvgIpc) is 2.61. The van der Waals surface area contributed by atoms with Crippen LogP contribution in [0.25, 0.3) is 0 Å². The Balaban J connectivity index is 2.01. The van der Waals surface area contributed by atoms with Crippen molar-refractivity contribution < 1.29 is 22.8 Å². The Morgan fingerprint density at radius 3 is 2.31 bits per heavy atom. The molecule has 1 N–H and O–H groups in total. The lowest BCUT2D eigenvalue weighted by Gasteiger charge is -2.34. The minimum absolute atomic E-state index is 0.119.